The first-order valence-electron chi connectivity index (χ1n) is 10.5. The number of ether oxygens (including phenoxy) is 5. The van der Waals surface area contributed by atoms with Crippen molar-refractivity contribution < 1.29 is 64.2 Å². The molecule has 2 saturated heterocycles. The van der Waals surface area contributed by atoms with Crippen LogP contribution in [0.4, 0.5) is 0 Å². The third-order valence-electron chi connectivity index (χ3n) is 5.77. The van der Waals surface area contributed by atoms with E-state index in [0.717, 1.165) is 0 Å². The normalized spacial score (nSPS) is 38.4. The number of aliphatic carboxylic acids is 1. The molecule has 0 aromatic heterocycles. The number of hydrogen-bond donors (Lipinski definition) is 7. The molecule has 33 heavy (non-hydrogen) atoms. The monoisotopic (exact) mass is 482 g/mol. The summed E-state index contributed by atoms with van der Waals surface area (Å²) in [6.07, 6.45) is -8.83. The van der Waals surface area contributed by atoms with Crippen LogP contribution >= 0.6 is 0 Å². The molecule has 0 aromatic rings. The van der Waals surface area contributed by atoms with Gasteiger partial charge in [0.25, 0.3) is 0 Å². The van der Waals surface area contributed by atoms with E-state index in [-0.39, 0.29) is 26.2 Å². The molecule has 13 nitrogen and oxygen atoms in total. The number of aliphatic hydroxyl groups excluding tert-OH is 5. The van der Waals surface area contributed by atoms with Crippen molar-refractivity contribution >= 4 is 5.97 Å². The Hall–Kier alpha value is -1.23. The van der Waals surface area contributed by atoms with Gasteiger partial charge in [0.1, 0.15) is 36.1 Å². The van der Waals surface area contributed by atoms with E-state index in [1.54, 1.807) is 13.0 Å². The first-order chi connectivity index (χ1) is 15.6. The molecule has 0 aromatic carbocycles. The topological polar surface area (TPSA) is 205 Å². The number of methoxy groups -OCH3 is 1. The van der Waals surface area contributed by atoms with E-state index >= 15 is 0 Å². The number of hydrogen-bond acceptors (Lipinski definition) is 12. The number of aliphatic hydroxyl groups is 6. The van der Waals surface area contributed by atoms with Crippen molar-refractivity contribution in [3.63, 3.8) is 0 Å². The Kier molecular flexibility index (Phi) is 10.6. The lowest BCUT2D eigenvalue weighted by molar-refractivity contribution is -0.308. The lowest BCUT2D eigenvalue weighted by Crippen LogP contribution is -2.59. The van der Waals surface area contributed by atoms with Crippen LogP contribution in [0.3, 0.4) is 0 Å². The van der Waals surface area contributed by atoms with Gasteiger partial charge in [0.2, 0.25) is 0 Å². The smallest absolute Gasteiger partial charge is 0.304 e. The van der Waals surface area contributed by atoms with Crippen molar-refractivity contribution in [3.05, 3.63) is 11.6 Å². The fourth-order valence-electron chi connectivity index (χ4n) is 3.64. The molecule has 0 radical (unpaired) electrons. The summed E-state index contributed by atoms with van der Waals surface area (Å²) in [5.41, 5.74) is -1.32. The van der Waals surface area contributed by atoms with E-state index in [9.17, 15) is 35.4 Å². The second kappa shape index (κ2) is 12.5. The average molecular weight is 482 g/mol. The zero-order valence-electron chi connectivity index (χ0n) is 18.5. The fraction of sp³-hybridized carbons (Fsp3) is 0.850. The third-order valence-corrected chi connectivity index (χ3v) is 5.77. The molecule has 192 valence electrons. The molecule has 2 rings (SSSR count). The van der Waals surface area contributed by atoms with Crippen LogP contribution in [-0.2, 0) is 28.5 Å². The van der Waals surface area contributed by atoms with Crippen molar-refractivity contribution in [1.29, 1.82) is 0 Å². The summed E-state index contributed by atoms with van der Waals surface area (Å²) < 4.78 is 26.6. The minimum atomic E-state index is -1.89. The quantitative estimate of drug-likeness (QED) is 0.138. The molecule has 9 atom stereocenters. The van der Waals surface area contributed by atoms with E-state index in [4.69, 9.17) is 28.8 Å². The van der Waals surface area contributed by atoms with Gasteiger partial charge in [-0.25, -0.2) is 0 Å². The first kappa shape index (κ1) is 28.0. The van der Waals surface area contributed by atoms with E-state index in [1.165, 1.54) is 7.11 Å². The van der Waals surface area contributed by atoms with Crippen LogP contribution in [0.5, 0.6) is 0 Å². The second-order valence-electron chi connectivity index (χ2n) is 8.16. The van der Waals surface area contributed by atoms with Crippen LogP contribution in [-0.4, -0.2) is 131 Å². The highest BCUT2D eigenvalue weighted by molar-refractivity contribution is 5.67. The molecule has 0 amide bonds. The van der Waals surface area contributed by atoms with Gasteiger partial charge in [-0.15, -0.1) is 0 Å². The van der Waals surface area contributed by atoms with E-state index in [2.05, 4.69) is 0 Å². The minimum Gasteiger partial charge on any atom is -0.481 e. The Balaban J connectivity index is 1.98. The largest absolute Gasteiger partial charge is 0.481 e. The van der Waals surface area contributed by atoms with Gasteiger partial charge in [0.05, 0.1) is 39.5 Å². The van der Waals surface area contributed by atoms with Crippen LogP contribution in [0.1, 0.15) is 13.3 Å². The van der Waals surface area contributed by atoms with Crippen LogP contribution in [0.15, 0.2) is 11.6 Å². The molecule has 2 fully saturated rings. The van der Waals surface area contributed by atoms with E-state index in [1.807, 2.05) is 0 Å². The summed E-state index contributed by atoms with van der Waals surface area (Å²) in [4.78, 5) is 11.1. The minimum absolute atomic E-state index is 0.130. The third kappa shape index (κ3) is 6.90. The molecule has 7 N–H and O–H groups in total. The highest BCUT2D eigenvalue weighted by atomic mass is 16.7. The molecule has 0 unspecified atom stereocenters. The summed E-state index contributed by atoms with van der Waals surface area (Å²) in [6.45, 7) is 0.153. The SMILES string of the molecule is C/C=C(/CO[C@@H]1O[C@@H](CO[C@H]2OC[C@@](O)(CO)[C@@H]2O)[C@@H](O)[C@@H](O)[C@@H]1O)[C@@H](COC)CC(=O)O. The molecule has 2 aliphatic heterocycles. The standard InChI is InChI=1S/C20H34O13/c1-3-10(11(5-29-2)4-13(22)23)6-30-18-16(26)15(25)14(24)12(33-18)7-31-19-17(27)20(28,8-21)9-32-19/h3,11-12,14-19,21,24-28H,4-9H2,1-2H3,(H,22,23)/b10-3-/t11-,12+,14-,15-,16+,17-,18-,19+,20+/m1/s1. The molecule has 2 aliphatic rings. The highest BCUT2D eigenvalue weighted by Crippen LogP contribution is 2.28. The number of carboxylic acids is 1. The fourth-order valence-corrected chi connectivity index (χ4v) is 3.64. The van der Waals surface area contributed by atoms with Crippen molar-refractivity contribution in [1.82, 2.24) is 0 Å². The van der Waals surface area contributed by atoms with Gasteiger partial charge in [0, 0.05) is 13.0 Å². The maximum absolute atomic E-state index is 11.1. The van der Waals surface area contributed by atoms with Crippen molar-refractivity contribution in [2.24, 2.45) is 5.92 Å². The number of carbonyl (C=O) groups is 1. The lowest BCUT2D eigenvalue weighted by atomic mass is 9.96. The Morgan fingerprint density at radius 2 is 1.85 bits per heavy atom. The molecule has 0 bridgehead atoms. The van der Waals surface area contributed by atoms with E-state index in [0.29, 0.717) is 5.57 Å². The van der Waals surface area contributed by atoms with Gasteiger partial charge in [-0.3, -0.25) is 4.79 Å². The molecule has 13 heteroatoms. The Bertz CT molecular complexity index is 658. The first-order valence-corrected chi connectivity index (χ1v) is 10.5. The van der Waals surface area contributed by atoms with Crippen molar-refractivity contribution in [3.8, 4) is 0 Å². The predicted octanol–water partition coefficient (Wildman–Crippen LogP) is -3.05. The molecule has 2 heterocycles. The van der Waals surface area contributed by atoms with Gasteiger partial charge in [0.15, 0.2) is 12.6 Å². The molecule has 0 aliphatic carbocycles. The zero-order valence-corrected chi connectivity index (χ0v) is 18.5. The number of rotatable bonds is 12. The molecular formula is C20H34O13. The summed E-state index contributed by atoms with van der Waals surface area (Å²) in [5, 5.41) is 69.0. The summed E-state index contributed by atoms with van der Waals surface area (Å²) in [6, 6.07) is 0. The van der Waals surface area contributed by atoms with E-state index < -0.39 is 73.8 Å². The molecule has 0 spiro atoms. The van der Waals surface area contributed by atoms with Crippen molar-refractivity contribution in [2.45, 2.75) is 62.0 Å². The Morgan fingerprint density at radius 3 is 2.39 bits per heavy atom. The lowest BCUT2D eigenvalue weighted by Gasteiger charge is -2.40. The second-order valence-corrected chi connectivity index (χ2v) is 8.16. The van der Waals surface area contributed by atoms with Gasteiger partial charge in [-0.2, -0.15) is 0 Å². The maximum atomic E-state index is 11.1. The number of carboxylic acid groups (broad SMARTS) is 1. The van der Waals surface area contributed by atoms with Gasteiger partial charge in [-0.1, -0.05) is 6.08 Å². The van der Waals surface area contributed by atoms with Crippen LogP contribution in [0, 0.1) is 5.92 Å². The average Bonchev–Trinajstić information content (AvgIpc) is 3.07. The highest BCUT2D eigenvalue weighted by Gasteiger charge is 2.50. The van der Waals surface area contributed by atoms with Gasteiger partial charge in [-0.05, 0) is 12.5 Å². The Morgan fingerprint density at radius 1 is 1.15 bits per heavy atom. The van der Waals surface area contributed by atoms with Crippen molar-refractivity contribution in [2.75, 3.05) is 40.1 Å². The molecule has 0 saturated carbocycles. The van der Waals surface area contributed by atoms with Crippen LogP contribution in [0.2, 0.25) is 0 Å². The van der Waals surface area contributed by atoms with Crippen LogP contribution < -0.4 is 0 Å². The number of allylic oxidation sites excluding steroid dienone is 1. The van der Waals surface area contributed by atoms with Gasteiger partial charge >= 0.3 is 5.97 Å². The predicted molar refractivity (Wildman–Crippen MR) is 108 cm³/mol. The summed E-state index contributed by atoms with van der Waals surface area (Å²) >= 11 is 0. The summed E-state index contributed by atoms with van der Waals surface area (Å²) in [5.74, 6) is -1.51. The van der Waals surface area contributed by atoms with Crippen LogP contribution in [0.25, 0.3) is 0 Å². The molecular weight excluding hydrogens is 448 g/mol. The Labute approximate surface area is 190 Å². The van der Waals surface area contributed by atoms with Gasteiger partial charge < -0.3 is 59.4 Å². The zero-order chi connectivity index (χ0) is 24.8. The maximum Gasteiger partial charge on any atom is 0.304 e. The summed E-state index contributed by atoms with van der Waals surface area (Å²) in [7, 11) is 1.44.